The number of rotatable bonds is 8. The zero-order valence-electron chi connectivity index (χ0n) is 21.9. The van der Waals surface area contributed by atoms with Crippen LogP contribution in [0.5, 0.6) is 5.75 Å². The average molecular weight is 558 g/mol. The molecule has 0 fully saturated rings. The molecule has 1 amide bonds. The topological polar surface area (TPSA) is 92.8 Å². The molecule has 0 radical (unpaired) electrons. The Kier molecular flexibility index (Phi) is 8.52. The number of carbonyl (C=O) groups is 1. The zero-order chi connectivity index (χ0) is 26.7. The minimum Gasteiger partial charge on any atom is -0.486 e. The van der Waals surface area contributed by atoms with Crippen LogP contribution in [-0.4, -0.2) is 26.4 Å². The van der Waals surface area contributed by atoms with Crippen molar-refractivity contribution in [3.05, 3.63) is 50.6 Å². The first-order valence-electron chi connectivity index (χ1n) is 12.4. The first kappa shape index (κ1) is 27.5. The summed E-state index contributed by atoms with van der Waals surface area (Å²) in [6.45, 7) is 11.7. The SMILES string of the molecule is CCn1c(COc2ccc(Cl)c(C)c2)nnc1SCC(=O)Nc1sc2c(c1C#N)CCC(C(C)(C)C)C2. The van der Waals surface area contributed by atoms with Crippen molar-refractivity contribution in [3.8, 4) is 11.8 Å². The Balaban J connectivity index is 1.38. The molecule has 1 N–H and O–H groups in total. The molecule has 0 aliphatic heterocycles. The van der Waals surface area contributed by atoms with E-state index >= 15 is 0 Å². The van der Waals surface area contributed by atoms with E-state index in [2.05, 4.69) is 42.4 Å². The normalized spacial score (nSPS) is 15.2. The van der Waals surface area contributed by atoms with Crippen molar-refractivity contribution in [3.63, 3.8) is 0 Å². The Morgan fingerprint density at radius 3 is 2.84 bits per heavy atom. The van der Waals surface area contributed by atoms with Crippen LogP contribution < -0.4 is 10.1 Å². The highest BCUT2D eigenvalue weighted by Gasteiger charge is 2.32. The Morgan fingerprint density at radius 2 is 2.16 bits per heavy atom. The maximum Gasteiger partial charge on any atom is 0.235 e. The number of amides is 1. The molecule has 1 aliphatic rings. The predicted octanol–water partition coefficient (Wildman–Crippen LogP) is 6.65. The minimum absolute atomic E-state index is 0.160. The fourth-order valence-corrected chi connectivity index (χ4v) is 6.76. The van der Waals surface area contributed by atoms with E-state index in [9.17, 15) is 10.1 Å². The van der Waals surface area contributed by atoms with Crippen molar-refractivity contribution in [1.82, 2.24) is 14.8 Å². The fraction of sp³-hybridized carbons (Fsp3) is 0.481. The maximum atomic E-state index is 12.8. The monoisotopic (exact) mass is 557 g/mol. The van der Waals surface area contributed by atoms with Gasteiger partial charge in [-0.05, 0) is 73.8 Å². The van der Waals surface area contributed by atoms with E-state index in [-0.39, 0.29) is 23.7 Å². The van der Waals surface area contributed by atoms with Gasteiger partial charge >= 0.3 is 0 Å². The van der Waals surface area contributed by atoms with Crippen LogP contribution in [0.1, 0.15) is 61.5 Å². The third-order valence-corrected chi connectivity index (χ3v) is 9.35. The lowest BCUT2D eigenvalue weighted by Gasteiger charge is -2.33. The molecule has 4 rings (SSSR count). The number of thiophene rings is 1. The molecular formula is C27H32ClN5O2S2. The van der Waals surface area contributed by atoms with Gasteiger partial charge in [-0.25, -0.2) is 0 Å². The number of fused-ring (bicyclic) bond motifs is 1. The van der Waals surface area contributed by atoms with Gasteiger partial charge in [-0.1, -0.05) is 44.1 Å². The van der Waals surface area contributed by atoms with Gasteiger partial charge in [0.2, 0.25) is 5.91 Å². The van der Waals surface area contributed by atoms with Crippen LogP contribution in [0.4, 0.5) is 5.00 Å². The van der Waals surface area contributed by atoms with E-state index in [0.717, 1.165) is 30.4 Å². The summed E-state index contributed by atoms with van der Waals surface area (Å²) >= 11 is 8.97. The van der Waals surface area contributed by atoms with E-state index < -0.39 is 0 Å². The van der Waals surface area contributed by atoms with Crippen molar-refractivity contribution in [2.75, 3.05) is 11.1 Å². The Hall–Kier alpha value is -2.54. The molecule has 0 saturated heterocycles. The summed E-state index contributed by atoms with van der Waals surface area (Å²) < 4.78 is 7.82. The third kappa shape index (κ3) is 6.31. The average Bonchev–Trinajstić information content (AvgIpc) is 3.41. The van der Waals surface area contributed by atoms with Crippen LogP contribution in [0.15, 0.2) is 23.4 Å². The summed E-state index contributed by atoms with van der Waals surface area (Å²) in [5, 5.41) is 23.3. The van der Waals surface area contributed by atoms with Crippen molar-refractivity contribution in [2.24, 2.45) is 11.3 Å². The summed E-state index contributed by atoms with van der Waals surface area (Å²) in [7, 11) is 0. The number of ether oxygens (including phenoxy) is 1. The first-order chi connectivity index (χ1) is 17.6. The number of aryl methyl sites for hydroxylation is 1. The number of thioether (sulfide) groups is 1. The number of hydrogen-bond donors (Lipinski definition) is 1. The van der Waals surface area contributed by atoms with Gasteiger partial charge < -0.3 is 14.6 Å². The fourth-order valence-electron chi connectivity index (χ4n) is 4.53. The second-order valence-corrected chi connectivity index (χ2v) is 12.8. The molecule has 10 heteroatoms. The standard InChI is InChI=1S/C27H32ClN5O2S2/c1-6-33-23(14-35-18-8-10-21(28)16(2)11-18)31-32-26(33)36-15-24(34)30-25-20(13-29)19-9-7-17(27(3,4)5)12-22(19)37-25/h8,10-11,17H,6-7,9,12,14-15H2,1-5H3,(H,30,34). The van der Waals surface area contributed by atoms with Gasteiger partial charge in [0.15, 0.2) is 11.0 Å². The van der Waals surface area contributed by atoms with Crippen LogP contribution in [-0.2, 0) is 30.8 Å². The highest BCUT2D eigenvalue weighted by Crippen LogP contribution is 2.44. The van der Waals surface area contributed by atoms with E-state index in [1.807, 2.05) is 30.5 Å². The molecule has 1 aliphatic carbocycles. The molecule has 37 heavy (non-hydrogen) atoms. The molecule has 7 nitrogen and oxygen atoms in total. The maximum absolute atomic E-state index is 12.8. The van der Waals surface area contributed by atoms with Gasteiger partial charge in [-0.2, -0.15) is 5.26 Å². The number of carbonyl (C=O) groups excluding carboxylic acids is 1. The third-order valence-electron chi connectivity index (χ3n) is 6.79. The van der Waals surface area contributed by atoms with Crippen LogP contribution in [0.25, 0.3) is 0 Å². The lowest BCUT2D eigenvalue weighted by molar-refractivity contribution is -0.113. The summed E-state index contributed by atoms with van der Waals surface area (Å²) in [4.78, 5) is 14.1. The van der Waals surface area contributed by atoms with Crippen molar-refractivity contribution in [2.45, 2.75) is 72.2 Å². The van der Waals surface area contributed by atoms with Crippen LogP contribution in [0.2, 0.25) is 5.02 Å². The molecule has 196 valence electrons. The second-order valence-electron chi connectivity index (χ2n) is 10.3. The van der Waals surface area contributed by atoms with Crippen molar-refractivity contribution in [1.29, 1.82) is 5.26 Å². The molecule has 1 atom stereocenters. The number of nitrogens with zero attached hydrogens (tertiary/aromatic N) is 4. The smallest absolute Gasteiger partial charge is 0.235 e. The number of nitriles is 1. The summed E-state index contributed by atoms with van der Waals surface area (Å²) in [6, 6.07) is 7.85. The van der Waals surface area contributed by atoms with E-state index in [1.54, 1.807) is 17.4 Å². The highest BCUT2D eigenvalue weighted by atomic mass is 35.5. The van der Waals surface area contributed by atoms with Crippen LogP contribution >= 0.6 is 34.7 Å². The predicted molar refractivity (Wildman–Crippen MR) is 150 cm³/mol. The molecule has 0 saturated carbocycles. The highest BCUT2D eigenvalue weighted by molar-refractivity contribution is 7.99. The van der Waals surface area contributed by atoms with Crippen molar-refractivity contribution >= 4 is 45.6 Å². The lowest BCUT2D eigenvalue weighted by Crippen LogP contribution is -2.26. The van der Waals surface area contributed by atoms with Gasteiger partial charge in [0.25, 0.3) is 0 Å². The number of halogens is 1. The molecular weight excluding hydrogens is 526 g/mol. The number of aromatic nitrogens is 3. The van der Waals surface area contributed by atoms with Gasteiger partial charge in [-0.15, -0.1) is 21.5 Å². The number of benzene rings is 1. The zero-order valence-corrected chi connectivity index (χ0v) is 24.2. The summed E-state index contributed by atoms with van der Waals surface area (Å²) in [5.74, 6) is 1.98. The van der Waals surface area contributed by atoms with Gasteiger partial charge in [0.05, 0.1) is 11.3 Å². The lowest BCUT2D eigenvalue weighted by atomic mass is 9.72. The van der Waals surface area contributed by atoms with Gasteiger partial charge in [-0.3, -0.25) is 4.79 Å². The summed E-state index contributed by atoms with van der Waals surface area (Å²) in [6.07, 6.45) is 2.92. The van der Waals surface area contributed by atoms with Crippen LogP contribution in [0.3, 0.4) is 0 Å². The number of hydrogen-bond acceptors (Lipinski definition) is 7. The van der Waals surface area contributed by atoms with Gasteiger partial charge in [0, 0.05) is 16.4 Å². The number of anilines is 1. The largest absolute Gasteiger partial charge is 0.486 e. The minimum atomic E-state index is -0.160. The molecule has 1 aromatic carbocycles. The Bertz CT molecular complexity index is 1340. The quantitative estimate of drug-likeness (QED) is 0.311. The molecule has 0 bridgehead atoms. The van der Waals surface area contributed by atoms with E-state index in [1.165, 1.54) is 16.6 Å². The molecule has 2 aromatic heterocycles. The van der Waals surface area contributed by atoms with Crippen LogP contribution in [0, 0.1) is 29.6 Å². The Morgan fingerprint density at radius 1 is 1.38 bits per heavy atom. The summed E-state index contributed by atoms with van der Waals surface area (Å²) in [5.41, 5.74) is 2.90. The van der Waals surface area contributed by atoms with Crippen molar-refractivity contribution < 1.29 is 9.53 Å². The second kappa shape index (κ2) is 11.5. The van der Waals surface area contributed by atoms with Gasteiger partial charge in [0.1, 0.15) is 23.4 Å². The van der Waals surface area contributed by atoms with E-state index in [0.29, 0.717) is 44.8 Å². The van der Waals surface area contributed by atoms with E-state index in [4.69, 9.17) is 16.3 Å². The first-order valence-corrected chi connectivity index (χ1v) is 14.6. The molecule has 0 spiro atoms. The molecule has 1 unspecified atom stereocenters. The number of nitrogens with one attached hydrogen (secondary N) is 1. The Labute approximate surface area is 231 Å². The molecule has 3 aromatic rings. The molecule has 2 heterocycles.